The molecule has 5 aromatic rings. The fourth-order valence-electron chi connectivity index (χ4n) is 5.51. The molecule has 7 rings (SSSR count). The third-order valence-corrected chi connectivity index (χ3v) is 9.81. The van der Waals surface area contributed by atoms with Crippen molar-refractivity contribution in [2.45, 2.75) is 42.7 Å². The second-order valence-electron chi connectivity index (χ2n) is 11.1. The van der Waals surface area contributed by atoms with E-state index in [1.807, 2.05) is 30.3 Å². The van der Waals surface area contributed by atoms with E-state index in [0.717, 1.165) is 4.31 Å². The van der Waals surface area contributed by atoms with Crippen LogP contribution in [0.25, 0.3) is 22.3 Å². The van der Waals surface area contributed by atoms with E-state index in [4.69, 9.17) is 20.3 Å². The molecule has 2 N–H and O–H groups in total. The zero-order chi connectivity index (χ0) is 32.2. The minimum atomic E-state index is -4.91. The Morgan fingerprint density at radius 1 is 0.848 bits per heavy atom. The van der Waals surface area contributed by atoms with Gasteiger partial charge in [-0.15, -0.1) is 0 Å². The van der Waals surface area contributed by atoms with Crippen molar-refractivity contribution in [1.29, 1.82) is 0 Å². The van der Waals surface area contributed by atoms with Gasteiger partial charge in [0.15, 0.2) is 27.9 Å². The monoisotopic (exact) mass is 654 g/mol. The number of fused-ring (bicyclic) bond motifs is 1. The van der Waals surface area contributed by atoms with Crippen LogP contribution in [0.3, 0.4) is 0 Å². The summed E-state index contributed by atoms with van der Waals surface area (Å²) in [6.45, 7) is -0.344. The van der Waals surface area contributed by atoms with Gasteiger partial charge in [0.1, 0.15) is 29.3 Å². The lowest BCUT2D eigenvalue weighted by Crippen LogP contribution is -2.41. The van der Waals surface area contributed by atoms with Gasteiger partial charge in [-0.1, -0.05) is 18.2 Å². The van der Waals surface area contributed by atoms with Gasteiger partial charge in [-0.3, -0.25) is 0 Å². The zero-order valence-electron chi connectivity index (χ0n) is 24.0. The van der Waals surface area contributed by atoms with Gasteiger partial charge < -0.3 is 15.2 Å². The molecule has 1 aliphatic heterocycles. The van der Waals surface area contributed by atoms with Crippen LogP contribution in [0.4, 0.5) is 23.4 Å². The van der Waals surface area contributed by atoms with E-state index in [-0.39, 0.29) is 18.9 Å². The first kappa shape index (κ1) is 29.9. The molecule has 0 spiro atoms. The molecule has 0 amide bonds. The van der Waals surface area contributed by atoms with E-state index in [1.54, 1.807) is 24.3 Å². The van der Waals surface area contributed by atoms with E-state index in [1.165, 1.54) is 11.0 Å². The van der Waals surface area contributed by atoms with E-state index in [9.17, 15) is 21.6 Å². The van der Waals surface area contributed by atoms with Crippen molar-refractivity contribution in [1.82, 2.24) is 24.1 Å². The van der Waals surface area contributed by atoms with Crippen LogP contribution >= 0.6 is 0 Å². The molecule has 3 aromatic carbocycles. The number of nitrogens with zero attached hydrogens (tertiary/aromatic N) is 5. The number of nitrogen functional groups attached to an aromatic ring is 1. The maximum Gasteiger partial charge on any atom is 0.250 e. The number of rotatable bonds is 8. The molecule has 2 aliphatic rings. The molecule has 1 saturated carbocycles. The molecule has 1 unspecified atom stereocenters. The molecule has 1 atom stereocenters. The standard InChI is InChI=1S/C31H26F4N6O4S/c32-23-24(33)26(35)29(28(25(23)34)45-21-12-13-21)46(42,43)40-14-4-5-18(15-40)41-31-22(30(36)37-16-38-31)27(39-41)17-8-10-20(11-9-17)44-19-6-2-1-3-7-19/h1-3,6-11,16,18,21H,4-5,12-15H2,(H2,36,37,38). The lowest BCUT2D eigenvalue weighted by atomic mass is 10.1. The summed E-state index contributed by atoms with van der Waals surface area (Å²) < 4.78 is 99.6. The molecule has 238 valence electrons. The second kappa shape index (κ2) is 11.6. The van der Waals surface area contributed by atoms with Crippen molar-refractivity contribution in [3.63, 3.8) is 0 Å². The number of hydrogen-bond acceptors (Lipinski definition) is 8. The van der Waals surface area contributed by atoms with E-state index >= 15 is 4.39 Å². The average Bonchev–Trinajstić information content (AvgIpc) is 3.80. The topological polar surface area (TPSA) is 125 Å². The number of halogens is 4. The van der Waals surface area contributed by atoms with E-state index in [2.05, 4.69) is 9.97 Å². The molecular weight excluding hydrogens is 628 g/mol. The highest BCUT2D eigenvalue weighted by atomic mass is 32.2. The van der Waals surface area contributed by atoms with Crippen LogP contribution < -0.4 is 15.2 Å². The average molecular weight is 655 g/mol. The first-order chi connectivity index (χ1) is 22.1. The summed E-state index contributed by atoms with van der Waals surface area (Å²) in [5.41, 5.74) is 7.70. The highest BCUT2D eigenvalue weighted by molar-refractivity contribution is 7.89. The summed E-state index contributed by atoms with van der Waals surface area (Å²) >= 11 is 0. The Kier molecular flexibility index (Phi) is 7.51. The maximum atomic E-state index is 15.1. The number of anilines is 1. The van der Waals surface area contributed by atoms with Gasteiger partial charge in [-0.2, -0.15) is 13.8 Å². The fraction of sp³-hybridized carbons (Fsp3) is 0.258. The number of hydrogen-bond donors (Lipinski definition) is 1. The van der Waals surface area contributed by atoms with Crippen LogP contribution in [-0.2, 0) is 10.0 Å². The Hall–Kier alpha value is -4.76. The molecular formula is C31H26F4N6O4S. The fourth-order valence-corrected chi connectivity index (χ4v) is 7.19. The number of nitrogens with two attached hydrogens (primary N) is 1. The van der Waals surface area contributed by atoms with Gasteiger partial charge >= 0.3 is 0 Å². The van der Waals surface area contributed by atoms with Gasteiger partial charge in [-0.25, -0.2) is 36.2 Å². The van der Waals surface area contributed by atoms with Crippen molar-refractivity contribution in [3.8, 4) is 28.5 Å². The molecule has 0 radical (unpaired) electrons. The smallest absolute Gasteiger partial charge is 0.250 e. The first-order valence-electron chi connectivity index (χ1n) is 14.5. The van der Waals surface area contributed by atoms with Gasteiger partial charge in [0.25, 0.3) is 0 Å². The Labute approximate surface area is 260 Å². The van der Waals surface area contributed by atoms with Gasteiger partial charge in [-0.05, 0) is 62.1 Å². The quantitative estimate of drug-likeness (QED) is 0.123. The molecule has 15 heteroatoms. The van der Waals surface area contributed by atoms with Gasteiger partial charge in [0, 0.05) is 18.7 Å². The van der Waals surface area contributed by atoms with Crippen LogP contribution in [0.15, 0.2) is 65.8 Å². The third kappa shape index (κ3) is 5.28. The maximum absolute atomic E-state index is 15.1. The van der Waals surface area contributed by atoms with Crippen molar-refractivity contribution in [2.24, 2.45) is 0 Å². The normalized spacial score (nSPS) is 17.3. The summed E-state index contributed by atoms with van der Waals surface area (Å²) in [6, 6.07) is 15.7. The van der Waals surface area contributed by atoms with Crippen molar-refractivity contribution >= 4 is 26.9 Å². The summed E-state index contributed by atoms with van der Waals surface area (Å²) in [5, 5.41) is 5.21. The summed E-state index contributed by atoms with van der Waals surface area (Å²) in [4.78, 5) is 7.13. The minimum absolute atomic E-state index is 0.0895. The molecule has 46 heavy (non-hydrogen) atoms. The highest BCUT2D eigenvalue weighted by Gasteiger charge is 2.42. The molecule has 0 bridgehead atoms. The second-order valence-corrected chi connectivity index (χ2v) is 13.0. The van der Waals surface area contributed by atoms with E-state index < -0.39 is 56.1 Å². The predicted octanol–water partition coefficient (Wildman–Crippen LogP) is 5.99. The SMILES string of the molecule is Nc1ncnc2c1c(-c1ccc(Oc3ccccc3)cc1)nn2C1CCCN(S(=O)(=O)c2c(F)c(F)c(F)c(F)c2OC2CC2)C1. The number of ether oxygens (including phenoxy) is 2. The molecule has 1 aliphatic carbocycles. The third-order valence-electron chi connectivity index (χ3n) is 7.92. The predicted molar refractivity (Wildman–Crippen MR) is 159 cm³/mol. The number of aromatic nitrogens is 4. The van der Waals surface area contributed by atoms with Crippen molar-refractivity contribution < 1.29 is 35.5 Å². The lowest BCUT2D eigenvalue weighted by molar-refractivity contribution is 0.246. The number of para-hydroxylation sites is 1. The summed E-state index contributed by atoms with van der Waals surface area (Å²) in [6.07, 6.45) is 2.24. The molecule has 1 saturated heterocycles. The first-order valence-corrected chi connectivity index (χ1v) is 15.9. The number of sulfonamides is 1. The van der Waals surface area contributed by atoms with Crippen LogP contribution in [0, 0.1) is 23.3 Å². The van der Waals surface area contributed by atoms with Crippen LogP contribution in [0.1, 0.15) is 31.7 Å². The highest BCUT2D eigenvalue weighted by Crippen LogP contribution is 2.41. The van der Waals surface area contributed by atoms with Crippen molar-refractivity contribution in [3.05, 3.63) is 84.2 Å². The largest absolute Gasteiger partial charge is 0.486 e. The Morgan fingerprint density at radius 3 is 2.26 bits per heavy atom. The molecule has 2 fully saturated rings. The number of benzene rings is 3. The lowest BCUT2D eigenvalue weighted by Gasteiger charge is -2.32. The van der Waals surface area contributed by atoms with Crippen molar-refractivity contribution in [2.75, 3.05) is 18.8 Å². The molecule has 3 heterocycles. The molecule has 2 aromatic heterocycles. The zero-order valence-corrected chi connectivity index (χ0v) is 24.9. The van der Waals surface area contributed by atoms with Crippen LogP contribution in [-0.4, -0.2) is 51.7 Å². The minimum Gasteiger partial charge on any atom is -0.486 e. The Bertz CT molecular complexity index is 2060. The summed E-state index contributed by atoms with van der Waals surface area (Å²) in [7, 11) is -4.91. The summed E-state index contributed by atoms with van der Waals surface area (Å²) in [5.74, 6) is -8.07. The van der Waals surface area contributed by atoms with Gasteiger partial charge in [0.05, 0.1) is 17.5 Å². The number of piperidine rings is 1. The van der Waals surface area contributed by atoms with Crippen LogP contribution in [0.2, 0.25) is 0 Å². The van der Waals surface area contributed by atoms with E-state index in [0.29, 0.717) is 59.5 Å². The Balaban J connectivity index is 1.23. The van der Waals surface area contributed by atoms with Crippen LogP contribution in [0.5, 0.6) is 17.2 Å². The van der Waals surface area contributed by atoms with Gasteiger partial charge in [0.2, 0.25) is 21.7 Å². The Morgan fingerprint density at radius 2 is 1.54 bits per heavy atom. The molecule has 10 nitrogen and oxygen atoms in total.